The van der Waals surface area contributed by atoms with Crippen molar-refractivity contribution in [2.24, 2.45) is 5.92 Å². The van der Waals surface area contributed by atoms with Gasteiger partial charge in [0.05, 0.1) is 25.9 Å². The van der Waals surface area contributed by atoms with Crippen LogP contribution < -0.4 is 0 Å². The van der Waals surface area contributed by atoms with Crippen LogP contribution in [0.1, 0.15) is 97.8 Å². The van der Waals surface area contributed by atoms with Crippen LogP contribution in [0.4, 0.5) is 0 Å². The third-order valence-electron chi connectivity index (χ3n) is 4.76. The normalized spacial score (nSPS) is 15.1. The highest BCUT2D eigenvalue weighted by Crippen LogP contribution is 2.19. The number of hydrogen-bond acceptors (Lipinski definition) is 4. The van der Waals surface area contributed by atoms with Crippen molar-refractivity contribution in [1.29, 1.82) is 0 Å². The zero-order valence-corrected chi connectivity index (χ0v) is 17.8. The Bertz CT molecular complexity index is 271. The molecule has 158 valence electrons. The lowest BCUT2D eigenvalue weighted by molar-refractivity contribution is -0.0423. The van der Waals surface area contributed by atoms with Gasteiger partial charge in [0.2, 0.25) is 0 Å². The van der Waals surface area contributed by atoms with Gasteiger partial charge in [0, 0.05) is 6.61 Å². The fourth-order valence-corrected chi connectivity index (χ4v) is 3.18. The summed E-state index contributed by atoms with van der Waals surface area (Å²) in [4.78, 5) is 0. The van der Waals surface area contributed by atoms with Crippen LogP contribution in [-0.4, -0.2) is 48.8 Å². The molecule has 0 saturated heterocycles. The van der Waals surface area contributed by atoms with Crippen molar-refractivity contribution < 1.29 is 19.7 Å². The maximum Gasteiger partial charge on any atom is 0.101 e. The number of rotatable bonds is 20. The molecule has 4 heteroatoms. The molecule has 4 nitrogen and oxygen atoms in total. The van der Waals surface area contributed by atoms with E-state index in [9.17, 15) is 5.11 Å². The molecule has 0 amide bonds. The van der Waals surface area contributed by atoms with Gasteiger partial charge in [-0.3, -0.25) is 0 Å². The van der Waals surface area contributed by atoms with Crippen LogP contribution in [-0.2, 0) is 9.47 Å². The van der Waals surface area contributed by atoms with Gasteiger partial charge < -0.3 is 19.7 Å². The minimum absolute atomic E-state index is 0.226. The fourth-order valence-electron chi connectivity index (χ4n) is 3.18. The SMILES string of the molecule is CCCCCCCCC(CCCCCC)COCC(O)COCC(C)O. The molecule has 3 atom stereocenters. The predicted octanol–water partition coefficient (Wildman–Crippen LogP) is 5.10. The molecule has 0 radical (unpaired) electrons. The number of unbranched alkanes of at least 4 members (excludes halogenated alkanes) is 8. The van der Waals surface area contributed by atoms with E-state index in [0.717, 1.165) is 6.61 Å². The second-order valence-corrected chi connectivity index (χ2v) is 7.85. The molecule has 0 aromatic carbocycles. The summed E-state index contributed by atoms with van der Waals surface area (Å²) in [6.07, 6.45) is 14.6. The molecular weight excluding hydrogens is 328 g/mol. The Balaban J connectivity index is 3.90. The van der Waals surface area contributed by atoms with Gasteiger partial charge in [-0.05, 0) is 25.7 Å². The number of hydrogen-bond donors (Lipinski definition) is 2. The molecule has 0 fully saturated rings. The molecule has 0 rings (SSSR count). The van der Waals surface area contributed by atoms with Crippen molar-refractivity contribution in [3.8, 4) is 0 Å². The maximum absolute atomic E-state index is 9.89. The monoisotopic (exact) mass is 374 g/mol. The maximum atomic E-state index is 9.89. The predicted molar refractivity (Wildman–Crippen MR) is 110 cm³/mol. The minimum Gasteiger partial charge on any atom is -0.391 e. The van der Waals surface area contributed by atoms with Crippen LogP contribution in [0.25, 0.3) is 0 Å². The summed E-state index contributed by atoms with van der Waals surface area (Å²) in [5.74, 6) is 0.614. The van der Waals surface area contributed by atoms with Crippen molar-refractivity contribution in [1.82, 2.24) is 0 Å². The van der Waals surface area contributed by atoms with Crippen molar-refractivity contribution >= 4 is 0 Å². The Labute approximate surface area is 162 Å². The van der Waals surface area contributed by atoms with Crippen molar-refractivity contribution in [2.45, 2.75) is 110 Å². The first-order chi connectivity index (χ1) is 12.6. The van der Waals surface area contributed by atoms with Gasteiger partial charge in [-0.25, -0.2) is 0 Å². The third kappa shape index (κ3) is 18.6. The average Bonchev–Trinajstić information content (AvgIpc) is 2.60. The summed E-state index contributed by atoms with van der Waals surface area (Å²) in [7, 11) is 0. The molecule has 0 aliphatic rings. The topological polar surface area (TPSA) is 58.9 Å². The number of ether oxygens (including phenoxy) is 2. The van der Waals surface area contributed by atoms with Gasteiger partial charge in [0.25, 0.3) is 0 Å². The number of aliphatic hydroxyl groups is 2. The highest BCUT2D eigenvalue weighted by atomic mass is 16.5. The Morgan fingerprint density at radius 2 is 1.08 bits per heavy atom. The van der Waals surface area contributed by atoms with Crippen molar-refractivity contribution in [2.75, 3.05) is 26.4 Å². The molecule has 2 N–H and O–H groups in total. The van der Waals surface area contributed by atoms with Crippen LogP contribution in [0.5, 0.6) is 0 Å². The molecule has 0 aliphatic carbocycles. The van der Waals surface area contributed by atoms with Crippen LogP contribution in [0.3, 0.4) is 0 Å². The molecule has 3 unspecified atom stereocenters. The van der Waals surface area contributed by atoms with E-state index in [-0.39, 0.29) is 13.2 Å². The summed E-state index contributed by atoms with van der Waals surface area (Å²) in [6.45, 7) is 7.73. The lowest BCUT2D eigenvalue weighted by Gasteiger charge is -2.19. The first kappa shape index (κ1) is 25.8. The van der Waals surface area contributed by atoms with E-state index in [1.807, 2.05) is 0 Å². The van der Waals surface area contributed by atoms with E-state index in [4.69, 9.17) is 14.6 Å². The highest BCUT2D eigenvalue weighted by Gasteiger charge is 2.11. The second kappa shape index (κ2) is 19.6. The summed E-state index contributed by atoms with van der Waals surface area (Å²) >= 11 is 0. The van der Waals surface area contributed by atoms with Gasteiger partial charge in [0.15, 0.2) is 0 Å². The molecular formula is C22H46O4. The van der Waals surface area contributed by atoms with Gasteiger partial charge >= 0.3 is 0 Å². The Morgan fingerprint density at radius 3 is 1.62 bits per heavy atom. The van der Waals surface area contributed by atoms with Crippen LogP contribution in [0.15, 0.2) is 0 Å². The van der Waals surface area contributed by atoms with Crippen LogP contribution in [0.2, 0.25) is 0 Å². The molecule has 0 bridgehead atoms. The Morgan fingerprint density at radius 1 is 0.615 bits per heavy atom. The van der Waals surface area contributed by atoms with Gasteiger partial charge in [0.1, 0.15) is 6.10 Å². The lowest BCUT2D eigenvalue weighted by atomic mass is 9.95. The van der Waals surface area contributed by atoms with Gasteiger partial charge in [-0.2, -0.15) is 0 Å². The van der Waals surface area contributed by atoms with E-state index in [1.165, 1.54) is 77.0 Å². The second-order valence-electron chi connectivity index (χ2n) is 7.85. The zero-order valence-electron chi connectivity index (χ0n) is 17.8. The molecule has 0 saturated carbocycles. The molecule has 0 spiro atoms. The van der Waals surface area contributed by atoms with E-state index in [0.29, 0.717) is 12.5 Å². The zero-order chi connectivity index (χ0) is 19.5. The van der Waals surface area contributed by atoms with Crippen molar-refractivity contribution in [3.05, 3.63) is 0 Å². The van der Waals surface area contributed by atoms with E-state index in [2.05, 4.69) is 13.8 Å². The first-order valence-electron chi connectivity index (χ1n) is 11.1. The Hall–Kier alpha value is -0.160. The summed E-state index contributed by atoms with van der Waals surface area (Å²) in [5, 5.41) is 19.0. The van der Waals surface area contributed by atoms with Crippen LogP contribution >= 0.6 is 0 Å². The first-order valence-corrected chi connectivity index (χ1v) is 11.1. The molecule has 0 aromatic rings. The fraction of sp³-hybridized carbons (Fsp3) is 1.00. The highest BCUT2D eigenvalue weighted by molar-refractivity contribution is 4.62. The van der Waals surface area contributed by atoms with Crippen LogP contribution in [0, 0.1) is 5.92 Å². The molecule has 0 aromatic heterocycles. The average molecular weight is 375 g/mol. The van der Waals surface area contributed by atoms with E-state index < -0.39 is 12.2 Å². The van der Waals surface area contributed by atoms with Crippen molar-refractivity contribution in [3.63, 3.8) is 0 Å². The third-order valence-corrected chi connectivity index (χ3v) is 4.76. The standard InChI is InChI=1S/C22H46O4/c1-4-6-8-10-11-13-15-21(14-12-9-7-5-2)17-26-19-22(24)18-25-16-20(3)23/h20-24H,4-19H2,1-3H3. The van der Waals surface area contributed by atoms with E-state index in [1.54, 1.807) is 6.92 Å². The molecule has 0 aliphatic heterocycles. The minimum atomic E-state index is -0.608. The Kier molecular flexibility index (Phi) is 19.5. The van der Waals surface area contributed by atoms with Gasteiger partial charge in [-0.1, -0.05) is 78.1 Å². The molecule has 0 heterocycles. The summed E-state index contributed by atoms with van der Waals surface area (Å²) in [5.41, 5.74) is 0. The van der Waals surface area contributed by atoms with E-state index >= 15 is 0 Å². The largest absolute Gasteiger partial charge is 0.391 e. The quantitative estimate of drug-likeness (QED) is 0.291. The van der Waals surface area contributed by atoms with Gasteiger partial charge in [-0.15, -0.1) is 0 Å². The summed E-state index contributed by atoms with van der Waals surface area (Å²) < 4.78 is 11.0. The molecule has 26 heavy (non-hydrogen) atoms. The lowest BCUT2D eigenvalue weighted by Crippen LogP contribution is -2.25. The summed E-state index contributed by atoms with van der Waals surface area (Å²) in [6, 6.07) is 0. The smallest absolute Gasteiger partial charge is 0.101 e. The number of aliphatic hydroxyl groups excluding tert-OH is 2.